The molecule has 1 saturated heterocycles. The molecule has 1 aromatic rings. The highest BCUT2D eigenvalue weighted by Gasteiger charge is 2.39. The number of hydrogen-bond donors (Lipinski definition) is 2. The fourth-order valence-electron chi connectivity index (χ4n) is 2.15. The van der Waals surface area contributed by atoms with Gasteiger partial charge in [0.05, 0.1) is 12.0 Å². The second kappa shape index (κ2) is 7.01. The normalized spacial score (nSPS) is 17.7. The molecule has 1 aromatic carbocycles. The molecule has 1 amide bonds. The Morgan fingerprint density at radius 1 is 1.52 bits per heavy atom. The van der Waals surface area contributed by atoms with Crippen molar-refractivity contribution in [2.24, 2.45) is 0 Å². The summed E-state index contributed by atoms with van der Waals surface area (Å²) in [5.74, 6) is -1.24. The first-order valence-corrected chi connectivity index (χ1v) is 7.98. The van der Waals surface area contributed by atoms with Gasteiger partial charge in [0.2, 0.25) is 0 Å². The number of thioether (sulfide) groups is 1. The van der Waals surface area contributed by atoms with Crippen LogP contribution in [0.4, 0.5) is 0 Å². The van der Waals surface area contributed by atoms with Crippen LogP contribution in [0.1, 0.15) is 18.9 Å². The number of methoxy groups -OCH3 is 1. The molecule has 1 aliphatic rings. The van der Waals surface area contributed by atoms with Gasteiger partial charge >= 0.3 is 5.97 Å². The Hall–Kier alpha value is -2.06. The number of ether oxygens (including phenoxy) is 1. The van der Waals surface area contributed by atoms with Gasteiger partial charge in [-0.25, -0.2) is 4.79 Å². The van der Waals surface area contributed by atoms with Gasteiger partial charge in [-0.1, -0.05) is 37.0 Å². The van der Waals surface area contributed by atoms with E-state index in [1.807, 2.05) is 0 Å². The zero-order valence-electron chi connectivity index (χ0n) is 12.5. The van der Waals surface area contributed by atoms with E-state index in [9.17, 15) is 19.8 Å². The highest BCUT2D eigenvalue weighted by Crippen LogP contribution is 2.35. The van der Waals surface area contributed by atoms with Crippen LogP contribution in [-0.4, -0.2) is 44.5 Å². The molecule has 0 saturated carbocycles. The smallest absolute Gasteiger partial charge is 0.326 e. The highest BCUT2D eigenvalue weighted by atomic mass is 32.2. The largest absolute Gasteiger partial charge is 0.504 e. The molecule has 122 valence electrons. The van der Waals surface area contributed by atoms with Crippen LogP contribution in [0.2, 0.25) is 0 Å². The molecule has 0 bridgehead atoms. The lowest BCUT2D eigenvalue weighted by Gasteiger charge is -2.21. The Bertz CT molecular complexity index is 701. The number of aromatic hydroxyl groups is 1. The molecule has 1 heterocycles. The molecule has 2 rings (SSSR count). The van der Waals surface area contributed by atoms with Crippen molar-refractivity contribution in [3.05, 3.63) is 28.7 Å². The molecule has 8 heteroatoms. The van der Waals surface area contributed by atoms with Crippen molar-refractivity contribution in [3.8, 4) is 11.5 Å². The van der Waals surface area contributed by atoms with Gasteiger partial charge in [-0.3, -0.25) is 9.69 Å². The first-order valence-electron chi connectivity index (χ1n) is 6.76. The predicted octanol–water partition coefficient (Wildman–Crippen LogP) is 2.47. The first kappa shape index (κ1) is 17.3. The van der Waals surface area contributed by atoms with E-state index >= 15 is 0 Å². The number of carbonyl (C=O) groups excluding carboxylic acids is 1. The highest BCUT2D eigenvalue weighted by molar-refractivity contribution is 8.26. The summed E-state index contributed by atoms with van der Waals surface area (Å²) in [6.07, 6.45) is 1.86. The van der Waals surface area contributed by atoms with Crippen molar-refractivity contribution in [1.29, 1.82) is 0 Å². The van der Waals surface area contributed by atoms with E-state index in [1.165, 1.54) is 13.2 Å². The molecule has 0 radical (unpaired) electrons. The van der Waals surface area contributed by atoms with Crippen LogP contribution < -0.4 is 4.74 Å². The van der Waals surface area contributed by atoms with Crippen molar-refractivity contribution in [2.75, 3.05) is 7.11 Å². The van der Waals surface area contributed by atoms with Gasteiger partial charge in [0.15, 0.2) is 11.5 Å². The summed E-state index contributed by atoms with van der Waals surface area (Å²) in [4.78, 5) is 25.2. The monoisotopic (exact) mass is 353 g/mol. The maximum Gasteiger partial charge on any atom is 0.326 e. The average molecular weight is 353 g/mol. The number of carboxylic acids is 1. The Morgan fingerprint density at radius 2 is 2.22 bits per heavy atom. The standard InChI is InChI=1S/C15H15NO5S2/c1-3-9(14(19)20)16-13(18)12(23-15(16)22)7-8-4-5-10(17)11(6-8)21-2/h4-7,9,17H,3H2,1-2H3,(H,19,20)/t9-/m1/s1. The van der Waals surface area contributed by atoms with E-state index in [2.05, 4.69) is 0 Å². The van der Waals surface area contributed by atoms with Crippen molar-refractivity contribution >= 4 is 46.3 Å². The minimum Gasteiger partial charge on any atom is -0.504 e. The van der Waals surface area contributed by atoms with E-state index in [0.717, 1.165) is 16.7 Å². The van der Waals surface area contributed by atoms with Gasteiger partial charge < -0.3 is 14.9 Å². The lowest BCUT2D eigenvalue weighted by Crippen LogP contribution is -2.43. The third-order valence-corrected chi connectivity index (χ3v) is 4.64. The SMILES string of the molecule is CC[C@H](C(=O)O)N1C(=O)C(=Cc2ccc(O)c(OC)c2)SC1=S. The first-order chi connectivity index (χ1) is 10.9. The molecule has 1 fully saturated rings. The van der Waals surface area contributed by atoms with Crippen molar-refractivity contribution in [2.45, 2.75) is 19.4 Å². The maximum atomic E-state index is 12.5. The van der Waals surface area contributed by atoms with E-state index in [4.69, 9.17) is 17.0 Å². The molecule has 0 unspecified atom stereocenters. The second-order valence-electron chi connectivity index (χ2n) is 4.75. The van der Waals surface area contributed by atoms with E-state index in [-0.39, 0.29) is 22.2 Å². The molecule has 6 nitrogen and oxygen atoms in total. The van der Waals surface area contributed by atoms with Gasteiger partial charge in [0.1, 0.15) is 10.4 Å². The predicted molar refractivity (Wildman–Crippen MR) is 91.4 cm³/mol. The minimum atomic E-state index is -1.09. The zero-order valence-corrected chi connectivity index (χ0v) is 14.1. The third-order valence-electron chi connectivity index (χ3n) is 3.31. The number of phenolic OH excluding ortho intramolecular Hbond substituents is 1. The fraction of sp³-hybridized carbons (Fsp3) is 0.267. The number of phenols is 1. The van der Waals surface area contributed by atoms with Crippen LogP contribution >= 0.6 is 24.0 Å². The lowest BCUT2D eigenvalue weighted by atomic mass is 10.1. The number of aliphatic carboxylic acids is 1. The summed E-state index contributed by atoms with van der Waals surface area (Å²) in [5.41, 5.74) is 0.642. The summed E-state index contributed by atoms with van der Waals surface area (Å²) in [6, 6.07) is 3.69. The number of thiocarbonyl (C=S) groups is 1. The van der Waals surface area contributed by atoms with Gasteiger partial charge in [-0.2, -0.15) is 0 Å². The molecule has 2 N–H and O–H groups in total. The van der Waals surface area contributed by atoms with Gasteiger partial charge in [0, 0.05) is 0 Å². The number of carbonyl (C=O) groups is 2. The maximum absolute atomic E-state index is 12.5. The average Bonchev–Trinajstić information content (AvgIpc) is 2.77. The van der Waals surface area contributed by atoms with Gasteiger partial charge in [0.25, 0.3) is 5.91 Å². The Morgan fingerprint density at radius 3 is 2.78 bits per heavy atom. The molecule has 0 spiro atoms. The zero-order chi connectivity index (χ0) is 17.1. The molecular formula is C15H15NO5S2. The third kappa shape index (κ3) is 3.48. The molecular weight excluding hydrogens is 338 g/mol. The molecule has 23 heavy (non-hydrogen) atoms. The number of carboxylic acid groups (broad SMARTS) is 1. The molecule has 1 aliphatic heterocycles. The number of hydrogen-bond acceptors (Lipinski definition) is 6. The Balaban J connectivity index is 2.33. The summed E-state index contributed by atoms with van der Waals surface area (Å²) in [7, 11) is 1.43. The van der Waals surface area contributed by atoms with Crippen LogP contribution in [0.25, 0.3) is 6.08 Å². The molecule has 1 atom stereocenters. The van der Waals surface area contributed by atoms with Crippen LogP contribution in [0.15, 0.2) is 23.1 Å². The molecule has 0 aromatic heterocycles. The minimum absolute atomic E-state index is 0.00544. The van der Waals surface area contributed by atoms with Crippen LogP contribution in [-0.2, 0) is 9.59 Å². The van der Waals surface area contributed by atoms with Crippen molar-refractivity contribution < 1.29 is 24.5 Å². The molecule has 0 aliphatic carbocycles. The number of amides is 1. The van der Waals surface area contributed by atoms with Crippen molar-refractivity contribution in [3.63, 3.8) is 0 Å². The van der Waals surface area contributed by atoms with E-state index in [1.54, 1.807) is 25.1 Å². The van der Waals surface area contributed by atoms with Gasteiger partial charge in [-0.05, 0) is 30.2 Å². The number of benzene rings is 1. The van der Waals surface area contributed by atoms with Crippen LogP contribution in [0.3, 0.4) is 0 Å². The van der Waals surface area contributed by atoms with Crippen LogP contribution in [0, 0.1) is 0 Å². The van der Waals surface area contributed by atoms with E-state index < -0.39 is 17.9 Å². The summed E-state index contributed by atoms with van der Waals surface area (Å²) >= 11 is 6.20. The van der Waals surface area contributed by atoms with Crippen molar-refractivity contribution in [1.82, 2.24) is 4.90 Å². The number of nitrogens with zero attached hydrogens (tertiary/aromatic N) is 1. The summed E-state index contributed by atoms with van der Waals surface area (Å²) in [5, 5.41) is 18.8. The summed E-state index contributed by atoms with van der Waals surface area (Å²) < 4.78 is 5.24. The lowest BCUT2D eigenvalue weighted by molar-refractivity contribution is -0.145. The number of rotatable bonds is 5. The van der Waals surface area contributed by atoms with E-state index in [0.29, 0.717) is 10.5 Å². The topological polar surface area (TPSA) is 87.1 Å². The van der Waals surface area contributed by atoms with Gasteiger partial charge in [-0.15, -0.1) is 0 Å². The summed E-state index contributed by atoms with van der Waals surface area (Å²) in [6.45, 7) is 1.69. The Labute approximate surface area is 142 Å². The second-order valence-corrected chi connectivity index (χ2v) is 6.42. The quantitative estimate of drug-likeness (QED) is 0.621. The fourth-order valence-corrected chi connectivity index (χ4v) is 3.51. The van der Waals surface area contributed by atoms with Crippen LogP contribution in [0.5, 0.6) is 11.5 Å². The Kier molecular flexibility index (Phi) is 5.27.